The van der Waals surface area contributed by atoms with Crippen LogP contribution in [0.2, 0.25) is 0 Å². The molecular weight excluding hydrogens is 337 g/mol. The van der Waals surface area contributed by atoms with Crippen LogP contribution in [0.4, 0.5) is 0 Å². The Bertz CT molecular complexity index is 822. The minimum absolute atomic E-state index is 0.00802. The highest BCUT2D eigenvalue weighted by atomic mass is 31.1. The number of carbonyl (C=O) groups excluding carboxylic acids is 1. The summed E-state index contributed by atoms with van der Waals surface area (Å²) in [6.45, 7) is 1.95. The first kappa shape index (κ1) is 17.1. The van der Waals surface area contributed by atoms with Gasteiger partial charge in [-0.3, -0.25) is 0 Å². The molecule has 3 rings (SSSR count). The summed E-state index contributed by atoms with van der Waals surface area (Å²) in [6, 6.07) is 20.3. The van der Waals surface area contributed by atoms with Gasteiger partial charge in [-0.05, 0) is 6.92 Å². The molecule has 25 heavy (non-hydrogen) atoms. The lowest BCUT2D eigenvalue weighted by Crippen LogP contribution is -2.23. The molecule has 1 atom stereocenters. The topological polar surface area (TPSA) is 69.4 Å². The van der Waals surface area contributed by atoms with E-state index in [4.69, 9.17) is 9.26 Å². The molecule has 5 nitrogen and oxygen atoms in total. The first-order valence-corrected chi connectivity index (χ1v) is 8.78. The van der Waals surface area contributed by atoms with Crippen LogP contribution in [-0.2, 0) is 14.5 Å². The minimum Gasteiger partial charge on any atom is -0.460 e. The van der Waals surface area contributed by atoms with Crippen molar-refractivity contribution in [2.45, 2.75) is 12.1 Å². The van der Waals surface area contributed by atoms with Crippen LogP contribution < -0.4 is 0 Å². The van der Waals surface area contributed by atoms with E-state index in [2.05, 4.69) is 5.16 Å². The second kappa shape index (κ2) is 7.41. The van der Waals surface area contributed by atoms with Gasteiger partial charge in [0, 0.05) is 17.2 Å². The van der Waals surface area contributed by atoms with E-state index in [-0.39, 0.29) is 12.4 Å². The number of esters is 1. The van der Waals surface area contributed by atoms with Crippen LogP contribution in [0, 0.1) is 0 Å². The van der Waals surface area contributed by atoms with Crippen molar-refractivity contribution in [1.29, 1.82) is 0 Å². The third-order valence-corrected chi connectivity index (χ3v) is 5.08. The SMILES string of the molecule is CCOC(=O)c1cc(C([PH+]=O)(c2ccccc2)c2ccccc2)no1. The van der Waals surface area contributed by atoms with Crippen LogP contribution in [0.25, 0.3) is 0 Å². The van der Waals surface area contributed by atoms with Crippen molar-refractivity contribution in [3.63, 3.8) is 0 Å². The summed E-state index contributed by atoms with van der Waals surface area (Å²) in [5.41, 5.74) is 2.01. The summed E-state index contributed by atoms with van der Waals surface area (Å²) in [5, 5.41) is 3.03. The summed E-state index contributed by atoms with van der Waals surface area (Å²) >= 11 is 0. The van der Waals surface area contributed by atoms with Crippen molar-refractivity contribution >= 4 is 14.4 Å². The van der Waals surface area contributed by atoms with E-state index in [1.165, 1.54) is 6.07 Å². The smallest absolute Gasteiger partial charge is 0.377 e. The van der Waals surface area contributed by atoms with Crippen LogP contribution in [0.5, 0.6) is 0 Å². The third kappa shape index (κ3) is 3.11. The second-order valence-electron chi connectivity index (χ2n) is 5.38. The number of nitrogens with zero attached hydrogens (tertiary/aromatic N) is 1. The molecule has 0 aliphatic carbocycles. The number of hydrogen-bond donors (Lipinski definition) is 0. The Kier molecular flexibility index (Phi) is 5.05. The Hall–Kier alpha value is -2.78. The average molecular weight is 354 g/mol. The zero-order chi connectivity index (χ0) is 17.7. The molecule has 0 fully saturated rings. The van der Waals surface area contributed by atoms with Crippen molar-refractivity contribution in [1.82, 2.24) is 5.16 Å². The monoisotopic (exact) mass is 354 g/mol. The van der Waals surface area contributed by atoms with Crippen molar-refractivity contribution in [3.05, 3.63) is 89.3 Å². The van der Waals surface area contributed by atoms with Gasteiger partial charge in [-0.2, -0.15) is 0 Å². The molecule has 6 heteroatoms. The molecular formula is C19H17NO4P+. The summed E-state index contributed by atoms with van der Waals surface area (Å²) in [4.78, 5) is 11.9. The second-order valence-corrected chi connectivity index (χ2v) is 6.34. The van der Waals surface area contributed by atoms with Gasteiger partial charge >= 0.3 is 14.4 Å². The normalized spacial score (nSPS) is 11.4. The van der Waals surface area contributed by atoms with E-state index in [9.17, 15) is 9.36 Å². The highest BCUT2D eigenvalue weighted by molar-refractivity contribution is 7.26. The Morgan fingerprint density at radius 3 is 2.12 bits per heavy atom. The maximum Gasteiger partial charge on any atom is 0.377 e. The molecule has 0 amide bonds. The van der Waals surface area contributed by atoms with Crippen LogP contribution in [0.3, 0.4) is 0 Å². The van der Waals surface area contributed by atoms with Gasteiger partial charge in [-0.25, -0.2) is 4.79 Å². The fourth-order valence-electron chi connectivity index (χ4n) is 2.76. The van der Waals surface area contributed by atoms with E-state index in [1.54, 1.807) is 6.92 Å². The molecule has 0 saturated carbocycles. The molecule has 0 aliphatic heterocycles. The van der Waals surface area contributed by atoms with Gasteiger partial charge < -0.3 is 9.26 Å². The van der Waals surface area contributed by atoms with Gasteiger partial charge in [0.05, 0.1) is 6.61 Å². The van der Waals surface area contributed by atoms with Crippen molar-refractivity contribution in [3.8, 4) is 0 Å². The molecule has 3 aromatic rings. The summed E-state index contributed by atoms with van der Waals surface area (Å²) in [5.74, 6) is -0.600. The van der Waals surface area contributed by atoms with Gasteiger partial charge in [0.2, 0.25) is 5.76 Å². The highest BCUT2D eigenvalue weighted by Gasteiger charge is 2.48. The van der Waals surface area contributed by atoms with E-state index in [1.807, 2.05) is 60.7 Å². The molecule has 1 heterocycles. The van der Waals surface area contributed by atoms with Gasteiger partial charge in [-0.1, -0.05) is 70.4 Å². The molecule has 1 unspecified atom stereocenters. The molecule has 0 saturated heterocycles. The predicted molar refractivity (Wildman–Crippen MR) is 94.2 cm³/mol. The summed E-state index contributed by atoms with van der Waals surface area (Å²) in [7, 11) is -0.765. The zero-order valence-corrected chi connectivity index (χ0v) is 14.6. The Morgan fingerprint density at radius 2 is 1.64 bits per heavy atom. The van der Waals surface area contributed by atoms with Gasteiger partial charge in [0.15, 0.2) is 0 Å². The van der Waals surface area contributed by atoms with E-state index in [0.717, 1.165) is 11.1 Å². The van der Waals surface area contributed by atoms with E-state index < -0.39 is 19.6 Å². The molecule has 2 aromatic carbocycles. The maximum atomic E-state index is 12.5. The van der Waals surface area contributed by atoms with Crippen molar-refractivity contribution < 1.29 is 18.6 Å². The molecule has 0 bridgehead atoms. The molecule has 126 valence electrons. The molecule has 1 aromatic heterocycles. The molecule has 0 radical (unpaired) electrons. The number of carbonyl (C=O) groups is 1. The maximum absolute atomic E-state index is 12.5. The summed E-state index contributed by atoms with van der Waals surface area (Å²) in [6.07, 6.45) is 0. The average Bonchev–Trinajstić information content (AvgIpc) is 3.16. The largest absolute Gasteiger partial charge is 0.460 e. The number of rotatable bonds is 6. The lowest BCUT2D eigenvalue weighted by Gasteiger charge is -2.19. The Labute approximate surface area is 146 Å². The standard InChI is InChI=1S/C19H16NO4P/c1-2-23-18(21)16-13-17(20-24-16)19(25-22,14-9-5-3-6-10-14)15-11-7-4-8-12-15/h3-13H,2H2,1H3/p+1. The van der Waals surface area contributed by atoms with Crippen LogP contribution in [-0.4, -0.2) is 17.7 Å². The number of benzene rings is 2. The number of ether oxygens (including phenoxy) is 1. The quantitative estimate of drug-likeness (QED) is 0.491. The van der Waals surface area contributed by atoms with Gasteiger partial charge in [0.25, 0.3) is 5.16 Å². The lowest BCUT2D eigenvalue weighted by atomic mass is 9.87. The first-order chi connectivity index (χ1) is 12.2. The van der Waals surface area contributed by atoms with Gasteiger partial charge in [-0.15, -0.1) is 0 Å². The van der Waals surface area contributed by atoms with Crippen molar-refractivity contribution in [2.24, 2.45) is 0 Å². The van der Waals surface area contributed by atoms with E-state index >= 15 is 0 Å². The number of aromatic nitrogens is 1. The Morgan fingerprint density at radius 1 is 1.08 bits per heavy atom. The Balaban J connectivity index is 2.19. The lowest BCUT2D eigenvalue weighted by molar-refractivity contribution is 0.0479. The summed E-state index contributed by atoms with van der Waals surface area (Å²) < 4.78 is 22.6. The van der Waals surface area contributed by atoms with Crippen molar-refractivity contribution in [2.75, 3.05) is 6.61 Å². The van der Waals surface area contributed by atoms with Crippen LogP contribution in [0.15, 0.2) is 71.3 Å². The predicted octanol–water partition coefficient (Wildman–Crippen LogP) is 4.17. The molecule has 0 aliphatic rings. The highest BCUT2D eigenvalue weighted by Crippen LogP contribution is 2.47. The molecule has 0 spiro atoms. The fraction of sp³-hybridized carbons (Fsp3) is 0.158. The first-order valence-electron chi connectivity index (χ1n) is 7.87. The van der Waals surface area contributed by atoms with E-state index in [0.29, 0.717) is 5.69 Å². The molecule has 0 N–H and O–H groups in total. The zero-order valence-electron chi connectivity index (χ0n) is 13.6. The third-order valence-electron chi connectivity index (χ3n) is 3.94. The van der Waals surface area contributed by atoms with Crippen LogP contribution in [0.1, 0.15) is 34.3 Å². The minimum atomic E-state index is -1.02. The van der Waals surface area contributed by atoms with Gasteiger partial charge in [0.1, 0.15) is 5.69 Å². The van der Waals surface area contributed by atoms with Crippen LogP contribution >= 0.6 is 8.46 Å². The fourth-order valence-corrected chi connectivity index (χ4v) is 3.55. The number of hydrogen-bond acceptors (Lipinski definition) is 5.